The minimum atomic E-state index is 0.624. The molecule has 0 amide bonds. The van der Waals surface area contributed by atoms with E-state index in [0.717, 1.165) is 38.9 Å². The molecule has 0 saturated carbocycles. The lowest BCUT2D eigenvalue weighted by atomic mass is 9.89. The van der Waals surface area contributed by atoms with E-state index in [0.29, 0.717) is 17.5 Å². The second-order valence-electron chi connectivity index (χ2n) is 14.8. The topological polar surface area (TPSA) is 38.7 Å². The molecule has 58 heavy (non-hydrogen) atoms. The first kappa shape index (κ1) is 33.6. The van der Waals surface area contributed by atoms with Gasteiger partial charge >= 0.3 is 0 Å². The van der Waals surface area contributed by atoms with Crippen molar-refractivity contribution in [2.24, 2.45) is 0 Å². The summed E-state index contributed by atoms with van der Waals surface area (Å²) in [5, 5.41) is 9.86. The zero-order chi connectivity index (χ0) is 38.4. The van der Waals surface area contributed by atoms with Crippen LogP contribution in [0.25, 0.3) is 111 Å². The second-order valence-corrected chi connectivity index (χ2v) is 14.8. The Labute approximate surface area is 336 Å². The molecule has 0 atom stereocenters. The molecule has 0 unspecified atom stereocenters. The number of benzene rings is 10. The first-order valence-electron chi connectivity index (χ1n) is 19.7. The summed E-state index contributed by atoms with van der Waals surface area (Å²) < 4.78 is 0. The maximum atomic E-state index is 5.22. The molecule has 10 aromatic carbocycles. The van der Waals surface area contributed by atoms with Crippen LogP contribution < -0.4 is 0 Å². The summed E-state index contributed by atoms with van der Waals surface area (Å²) in [6, 6.07) is 75.3. The van der Waals surface area contributed by atoms with Crippen LogP contribution in [0.3, 0.4) is 0 Å². The van der Waals surface area contributed by atoms with Gasteiger partial charge in [-0.1, -0.05) is 200 Å². The molecule has 0 aliphatic rings. The predicted molar refractivity (Wildman–Crippen MR) is 242 cm³/mol. The van der Waals surface area contributed by atoms with Crippen LogP contribution in [-0.2, 0) is 0 Å². The maximum absolute atomic E-state index is 5.22. The molecule has 11 aromatic rings. The fourth-order valence-corrected chi connectivity index (χ4v) is 8.52. The van der Waals surface area contributed by atoms with Gasteiger partial charge in [0.2, 0.25) is 0 Å². The van der Waals surface area contributed by atoms with Gasteiger partial charge in [-0.05, 0) is 88.6 Å². The van der Waals surface area contributed by atoms with Gasteiger partial charge in [0.05, 0.1) is 0 Å². The predicted octanol–water partition coefficient (Wildman–Crippen LogP) is 14.5. The van der Waals surface area contributed by atoms with Gasteiger partial charge < -0.3 is 0 Å². The number of nitrogens with zero attached hydrogens (tertiary/aromatic N) is 3. The number of fused-ring (bicyclic) bond motifs is 5. The van der Waals surface area contributed by atoms with Crippen molar-refractivity contribution in [2.75, 3.05) is 0 Å². The van der Waals surface area contributed by atoms with Crippen molar-refractivity contribution in [3.05, 3.63) is 212 Å². The molecule has 0 bridgehead atoms. The molecule has 0 radical (unpaired) electrons. The van der Waals surface area contributed by atoms with E-state index >= 15 is 0 Å². The van der Waals surface area contributed by atoms with E-state index in [-0.39, 0.29) is 0 Å². The Bertz CT molecular complexity index is 3330. The zero-order valence-electron chi connectivity index (χ0n) is 31.5. The van der Waals surface area contributed by atoms with Crippen LogP contribution in [0, 0.1) is 0 Å². The van der Waals surface area contributed by atoms with Crippen molar-refractivity contribution in [3.8, 4) is 67.5 Å². The number of aromatic nitrogens is 3. The normalized spacial score (nSPS) is 11.4. The highest BCUT2D eigenvalue weighted by Gasteiger charge is 2.18. The molecule has 0 aliphatic heterocycles. The average Bonchev–Trinajstić information content (AvgIpc) is 3.31. The van der Waals surface area contributed by atoms with Crippen LogP contribution in [0.5, 0.6) is 0 Å². The fourth-order valence-electron chi connectivity index (χ4n) is 8.52. The van der Waals surface area contributed by atoms with Crippen molar-refractivity contribution in [1.29, 1.82) is 0 Å². The van der Waals surface area contributed by atoms with Crippen LogP contribution >= 0.6 is 0 Å². The molecule has 11 rings (SSSR count). The van der Waals surface area contributed by atoms with E-state index in [1.807, 2.05) is 6.07 Å². The minimum absolute atomic E-state index is 0.624. The quantitative estimate of drug-likeness (QED) is 0.126. The average molecular weight is 738 g/mol. The van der Waals surface area contributed by atoms with Gasteiger partial charge in [0.25, 0.3) is 0 Å². The van der Waals surface area contributed by atoms with Crippen molar-refractivity contribution in [3.63, 3.8) is 0 Å². The van der Waals surface area contributed by atoms with Crippen molar-refractivity contribution < 1.29 is 0 Å². The monoisotopic (exact) mass is 737 g/mol. The van der Waals surface area contributed by atoms with Crippen molar-refractivity contribution in [1.82, 2.24) is 15.0 Å². The lowest BCUT2D eigenvalue weighted by Gasteiger charge is -2.15. The van der Waals surface area contributed by atoms with Crippen molar-refractivity contribution in [2.45, 2.75) is 0 Å². The largest absolute Gasteiger partial charge is 0.208 e. The van der Waals surface area contributed by atoms with Crippen LogP contribution in [0.1, 0.15) is 0 Å². The molecule has 0 saturated heterocycles. The molecule has 0 N–H and O–H groups in total. The van der Waals surface area contributed by atoms with E-state index in [2.05, 4.69) is 206 Å². The van der Waals surface area contributed by atoms with Gasteiger partial charge in [0.15, 0.2) is 17.5 Å². The van der Waals surface area contributed by atoms with Gasteiger partial charge in [0, 0.05) is 16.7 Å². The Morgan fingerprint density at radius 1 is 0.224 bits per heavy atom. The van der Waals surface area contributed by atoms with Crippen LogP contribution in [0.15, 0.2) is 212 Å². The van der Waals surface area contributed by atoms with Crippen LogP contribution in [-0.4, -0.2) is 15.0 Å². The van der Waals surface area contributed by atoms with Crippen LogP contribution in [0.2, 0.25) is 0 Å². The highest BCUT2D eigenvalue weighted by molar-refractivity contribution is 6.20. The summed E-state index contributed by atoms with van der Waals surface area (Å²) in [6.45, 7) is 0. The zero-order valence-corrected chi connectivity index (χ0v) is 31.5. The molecule has 0 spiro atoms. The summed E-state index contributed by atoms with van der Waals surface area (Å²) >= 11 is 0. The van der Waals surface area contributed by atoms with E-state index in [1.165, 1.54) is 54.2 Å². The molecule has 0 fully saturated rings. The Hall–Kier alpha value is -7.75. The lowest BCUT2D eigenvalue weighted by molar-refractivity contribution is 1.07. The minimum Gasteiger partial charge on any atom is -0.208 e. The third kappa shape index (κ3) is 5.89. The number of rotatable bonds is 6. The first-order valence-corrected chi connectivity index (χ1v) is 19.7. The van der Waals surface area contributed by atoms with E-state index in [1.54, 1.807) is 0 Å². The molecular weight excluding hydrogens is 703 g/mol. The Morgan fingerprint density at radius 2 is 0.759 bits per heavy atom. The molecule has 3 heteroatoms. The van der Waals surface area contributed by atoms with E-state index in [9.17, 15) is 0 Å². The second kappa shape index (κ2) is 14.1. The lowest BCUT2D eigenvalue weighted by Crippen LogP contribution is -2.01. The summed E-state index contributed by atoms with van der Waals surface area (Å²) in [5.41, 5.74) is 9.65. The molecule has 270 valence electrons. The van der Waals surface area contributed by atoms with Gasteiger partial charge in [-0.3, -0.25) is 0 Å². The van der Waals surface area contributed by atoms with Gasteiger partial charge in [-0.25, -0.2) is 15.0 Å². The SMILES string of the molecule is c1ccc(-c2ccccc2-c2nc(-c3ccc(-c4c5ccccc5cc5c4ccc4ccccc45)cc3)nc(-c3cccc(-c4cccc5ccccc45)c3)n2)cc1. The van der Waals surface area contributed by atoms with Crippen LogP contribution in [0.4, 0.5) is 0 Å². The Kier molecular flexibility index (Phi) is 8.15. The fraction of sp³-hybridized carbons (Fsp3) is 0. The van der Waals surface area contributed by atoms with E-state index < -0.39 is 0 Å². The Morgan fingerprint density at radius 3 is 1.57 bits per heavy atom. The summed E-state index contributed by atoms with van der Waals surface area (Å²) in [4.78, 5) is 15.7. The molecular formula is C55H35N3. The molecule has 3 nitrogen and oxygen atoms in total. The van der Waals surface area contributed by atoms with Gasteiger partial charge in [-0.2, -0.15) is 0 Å². The Balaban J connectivity index is 1.08. The molecule has 1 heterocycles. The standard InChI is InChI=1S/C55H35N3/c1-2-14-36(15-3-1)45-23-10-11-26-50(45)55-57-53(56-54(58-55)43-21-12-20-41(34-43)47-27-13-19-37-16-4-7-22-44(37)47)40-30-28-39(29-31-40)52-48-25-9-6-18-42(48)35-51-46-24-8-5-17-38(46)32-33-49(51)52/h1-35H. The summed E-state index contributed by atoms with van der Waals surface area (Å²) in [7, 11) is 0. The van der Waals surface area contributed by atoms with Crippen molar-refractivity contribution >= 4 is 43.1 Å². The first-order chi connectivity index (χ1) is 28.7. The van der Waals surface area contributed by atoms with Gasteiger partial charge in [0.1, 0.15) is 0 Å². The molecule has 0 aliphatic carbocycles. The number of hydrogen-bond acceptors (Lipinski definition) is 3. The summed E-state index contributed by atoms with van der Waals surface area (Å²) in [5.74, 6) is 1.88. The smallest absolute Gasteiger partial charge is 0.164 e. The number of hydrogen-bond donors (Lipinski definition) is 0. The highest BCUT2D eigenvalue weighted by Crippen LogP contribution is 2.40. The third-order valence-corrected chi connectivity index (χ3v) is 11.3. The van der Waals surface area contributed by atoms with E-state index in [4.69, 9.17) is 15.0 Å². The maximum Gasteiger partial charge on any atom is 0.164 e. The summed E-state index contributed by atoms with van der Waals surface area (Å²) in [6.07, 6.45) is 0. The molecule has 1 aromatic heterocycles. The van der Waals surface area contributed by atoms with Gasteiger partial charge in [-0.15, -0.1) is 0 Å². The highest BCUT2D eigenvalue weighted by atomic mass is 15.0. The third-order valence-electron chi connectivity index (χ3n) is 11.3.